The lowest BCUT2D eigenvalue weighted by Gasteiger charge is -2.53. The molecule has 4 heteroatoms. The summed E-state index contributed by atoms with van der Waals surface area (Å²) in [7, 11) is 0. The zero-order valence-corrected chi connectivity index (χ0v) is 12.5. The van der Waals surface area contributed by atoms with Gasteiger partial charge in [0.25, 0.3) is 0 Å². The summed E-state index contributed by atoms with van der Waals surface area (Å²) in [4.78, 5) is 23.7. The largest absolute Gasteiger partial charge is 0.481 e. The molecule has 5 fully saturated rings. The Balaban J connectivity index is 1.39. The molecule has 0 spiro atoms. The van der Waals surface area contributed by atoms with Gasteiger partial charge in [-0.05, 0) is 75.0 Å². The van der Waals surface area contributed by atoms with Crippen molar-refractivity contribution in [2.24, 2.45) is 35.5 Å². The van der Waals surface area contributed by atoms with E-state index in [4.69, 9.17) is 5.11 Å². The maximum absolute atomic E-state index is 12.7. The molecule has 21 heavy (non-hydrogen) atoms. The maximum atomic E-state index is 12.7. The lowest BCUT2D eigenvalue weighted by atomic mass is 9.51. The molecule has 5 aliphatic carbocycles. The second-order valence-electron chi connectivity index (χ2n) is 8.01. The molecule has 5 saturated carbocycles. The van der Waals surface area contributed by atoms with Crippen LogP contribution in [0.15, 0.2) is 0 Å². The Bertz CT molecular complexity index is 433. The summed E-state index contributed by atoms with van der Waals surface area (Å²) in [6, 6.07) is 0.0933. The number of carbonyl (C=O) groups excluding carboxylic acids is 1. The average Bonchev–Trinajstić information content (AvgIpc) is 2.86. The number of hydrogen-bond donors (Lipinski definition) is 2. The van der Waals surface area contributed by atoms with E-state index in [1.807, 2.05) is 0 Å². The predicted molar refractivity (Wildman–Crippen MR) is 77.4 cm³/mol. The van der Waals surface area contributed by atoms with Gasteiger partial charge in [-0.2, -0.15) is 0 Å². The van der Waals surface area contributed by atoms with E-state index in [0.29, 0.717) is 24.7 Å². The maximum Gasteiger partial charge on any atom is 0.306 e. The molecule has 0 unspecified atom stereocenters. The highest BCUT2D eigenvalue weighted by molar-refractivity contribution is 5.80. The minimum absolute atomic E-state index is 0.0933. The van der Waals surface area contributed by atoms with E-state index >= 15 is 0 Å². The Kier molecular flexibility index (Phi) is 3.23. The van der Waals surface area contributed by atoms with E-state index in [9.17, 15) is 9.59 Å². The Morgan fingerprint density at radius 2 is 1.48 bits per heavy atom. The fraction of sp³-hybridized carbons (Fsp3) is 0.882. The van der Waals surface area contributed by atoms with Gasteiger partial charge in [0.1, 0.15) is 0 Å². The second kappa shape index (κ2) is 4.99. The third-order valence-electron chi connectivity index (χ3n) is 6.66. The normalized spacial score (nSPS) is 47.5. The first-order valence-corrected chi connectivity index (χ1v) is 8.63. The Labute approximate surface area is 125 Å². The van der Waals surface area contributed by atoms with Crippen molar-refractivity contribution in [3.8, 4) is 0 Å². The minimum atomic E-state index is -0.707. The molecule has 0 saturated heterocycles. The molecule has 2 atom stereocenters. The second-order valence-corrected chi connectivity index (χ2v) is 8.01. The van der Waals surface area contributed by atoms with Crippen LogP contribution in [-0.4, -0.2) is 23.0 Å². The fourth-order valence-electron chi connectivity index (χ4n) is 5.99. The molecule has 1 amide bonds. The summed E-state index contributed by atoms with van der Waals surface area (Å²) in [6.07, 6.45) is 8.60. The number of carboxylic acid groups (broad SMARTS) is 1. The highest BCUT2D eigenvalue weighted by Gasteiger charge is 2.51. The van der Waals surface area contributed by atoms with E-state index in [0.717, 1.165) is 18.3 Å². The van der Waals surface area contributed by atoms with Crippen molar-refractivity contribution >= 4 is 11.9 Å². The number of aliphatic carboxylic acids is 1. The number of amides is 1. The molecule has 0 heterocycles. The van der Waals surface area contributed by atoms with Crippen molar-refractivity contribution in [1.29, 1.82) is 0 Å². The van der Waals surface area contributed by atoms with Crippen LogP contribution in [-0.2, 0) is 9.59 Å². The van der Waals surface area contributed by atoms with Gasteiger partial charge in [-0.15, -0.1) is 0 Å². The zero-order chi connectivity index (χ0) is 14.6. The Morgan fingerprint density at radius 3 is 2.00 bits per heavy atom. The van der Waals surface area contributed by atoms with Gasteiger partial charge in [-0.3, -0.25) is 9.59 Å². The lowest BCUT2D eigenvalue weighted by Crippen LogP contribution is -2.52. The summed E-state index contributed by atoms with van der Waals surface area (Å²) in [5.74, 6) is 2.49. The van der Waals surface area contributed by atoms with Gasteiger partial charge in [0.05, 0.1) is 5.92 Å². The number of carboxylic acids is 1. The summed E-state index contributed by atoms with van der Waals surface area (Å²) in [5.41, 5.74) is 0. The van der Waals surface area contributed by atoms with E-state index in [2.05, 4.69) is 5.32 Å². The SMILES string of the molecule is O=C(N[C@H]1CC[C@@H](C(=O)O)C1)C1C2CC3CC(C2)CC1C3. The van der Waals surface area contributed by atoms with E-state index in [1.54, 1.807) is 0 Å². The van der Waals surface area contributed by atoms with Crippen LogP contribution in [0.2, 0.25) is 0 Å². The van der Waals surface area contributed by atoms with Crippen LogP contribution in [0.4, 0.5) is 0 Å². The fourth-order valence-corrected chi connectivity index (χ4v) is 5.99. The first-order chi connectivity index (χ1) is 10.1. The van der Waals surface area contributed by atoms with Crippen LogP contribution in [0.3, 0.4) is 0 Å². The topological polar surface area (TPSA) is 66.4 Å². The molecule has 5 aliphatic rings. The van der Waals surface area contributed by atoms with Crippen LogP contribution in [0.1, 0.15) is 51.4 Å². The van der Waals surface area contributed by atoms with E-state index in [1.165, 1.54) is 32.1 Å². The molecule has 0 aromatic carbocycles. The lowest BCUT2D eigenvalue weighted by molar-refractivity contribution is -0.142. The monoisotopic (exact) mass is 291 g/mol. The Hall–Kier alpha value is -1.06. The highest BCUT2D eigenvalue weighted by Crippen LogP contribution is 2.56. The van der Waals surface area contributed by atoms with Crippen molar-refractivity contribution < 1.29 is 14.7 Å². The average molecular weight is 291 g/mol. The van der Waals surface area contributed by atoms with Crippen LogP contribution in [0.25, 0.3) is 0 Å². The first-order valence-electron chi connectivity index (χ1n) is 8.63. The molecule has 116 valence electrons. The summed E-state index contributed by atoms with van der Waals surface area (Å²) in [5, 5.41) is 12.3. The summed E-state index contributed by atoms with van der Waals surface area (Å²) >= 11 is 0. The van der Waals surface area contributed by atoms with Gasteiger partial charge >= 0.3 is 5.97 Å². The molecule has 0 radical (unpaired) electrons. The third-order valence-corrected chi connectivity index (χ3v) is 6.66. The van der Waals surface area contributed by atoms with Crippen LogP contribution >= 0.6 is 0 Å². The van der Waals surface area contributed by atoms with E-state index < -0.39 is 5.97 Å². The summed E-state index contributed by atoms with van der Waals surface area (Å²) in [6.45, 7) is 0. The van der Waals surface area contributed by atoms with Gasteiger partial charge in [-0.1, -0.05) is 0 Å². The highest BCUT2D eigenvalue weighted by atomic mass is 16.4. The predicted octanol–water partition coefficient (Wildman–Crippen LogP) is 2.43. The molecule has 0 aliphatic heterocycles. The number of rotatable bonds is 3. The molecule has 4 bridgehead atoms. The van der Waals surface area contributed by atoms with Crippen molar-refractivity contribution in [3.63, 3.8) is 0 Å². The van der Waals surface area contributed by atoms with E-state index in [-0.39, 0.29) is 23.8 Å². The van der Waals surface area contributed by atoms with Crippen LogP contribution in [0, 0.1) is 35.5 Å². The van der Waals surface area contributed by atoms with Gasteiger partial charge in [0.15, 0.2) is 0 Å². The minimum Gasteiger partial charge on any atom is -0.481 e. The molecule has 2 N–H and O–H groups in total. The molecule has 0 aromatic heterocycles. The van der Waals surface area contributed by atoms with Crippen LogP contribution in [0.5, 0.6) is 0 Å². The van der Waals surface area contributed by atoms with Crippen molar-refractivity contribution in [2.75, 3.05) is 0 Å². The molecular formula is C17H25NO3. The molecule has 5 rings (SSSR count). The van der Waals surface area contributed by atoms with Crippen molar-refractivity contribution in [3.05, 3.63) is 0 Å². The Morgan fingerprint density at radius 1 is 0.857 bits per heavy atom. The smallest absolute Gasteiger partial charge is 0.306 e. The van der Waals surface area contributed by atoms with Gasteiger partial charge in [0.2, 0.25) is 5.91 Å². The number of nitrogens with one attached hydrogen (secondary N) is 1. The third kappa shape index (κ3) is 2.36. The quantitative estimate of drug-likeness (QED) is 0.839. The summed E-state index contributed by atoms with van der Waals surface area (Å²) < 4.78 is 0. The molecule has 0 aromatic rings. The molecule has 4 nitrogen and oxygen atoms in total. The van der Waals surface area contributed by atoms with Crippen molar-refractivity contribution in [2.45, 2.75) is 57.4 Å². The van der Waals surface area contributed by atoms with Gasteiger partial charge < -0.3 is 10.4 Å². The van der Waals surface area contributed by atoms with Gasteiger partial charge in [0, 0.05) is 12.0 Å². The van der Waals surface area contributed by atoms with Gasteiger partial charge in [-0.25, -0.2) is 0 Å². The van der Waals surface area contributed by atoms with Crippen molar-refractivity contribution in [1.82, 2.24) is 5.32 Å². The zero-order valence-electron chi connectivity index (χ0n) is 12.5. The standard InChI is InChI=1S/C17H25NO3/c19-16(18-14-2-1-11(8-14)17(20)21)15-12-4-9-3-10(6-12)7-13(15)5-9/h9-15H,1-8H2,(H,18,19)(H,20,21)/t9?,10?,11-,12?,13?,14+,15?/m1/s1. The molecular weight excluding hydrogens is 266 g/mol. The first kappa shape index (κ1) is 13.6. The number of carbonyl (C=O) groups is 2. The van der Waals surface area contributed by atoms with Crippen LogP contribution < -0.4 is 5.32 Å². The number of hydrogen-bond acceptors (Lipinski definition) is 2.